The lowest BCUT2D eigenvalue weighted by Crippen LogP contribution is -2.16. The third-order valence-electron chi connectivity index (χ3n) is 1.94. The maximum Gasteiger partial charge on any atom is 0.276 e. The van der Waals surface area contributed by atoms with E-state index in [1.165, 1.54) is 18.2 Å². The summed E-state index contributed by atoms with van der Waals surface area (Å²) in [5.41, 5.74) is -0.559. The first-order valence-electron chi connectivity index (χ1n) is 4.27. The van der Waals surface area contributed by atoms with Gasteiger partial charge in [-0.05, 0) is 11.5 Å². The standard InChI is InChI=1S/C10H12FNO2/c1-10(2,3)9-7(11)5-4-6-8(9)12(13)14/h4-6H,1-3H3. The minimum Gasteiger partial charge on any atom is -0.258 e. The number of rotatable bonds is 1. The van der Waals surface area contributed by atoms with Crippen molar-refractivity contribution >= 4 is 5.69 Å². The molecule has 0 saturated heterocycles. The summed E-state index contributed by atoms with van der Waals surface area (Å²) >= 11 is 0. The lowest BCUT2D eigenvalue weighted by molar-refractivity contribution is -0.386. The van der Waals surface area contributed by atoms with Gasteiger partial charge in [0.15, 0.2) is 0 Å². The highest BCUT2D eigenvalue weighted by Gasteiger charge is 2.28. The Morgan fingerprint density at radius 2 is 1.93 bits per heavy atom. The first kappa shape index (κ1) is 10.6. The molecule has 0 heterocycles. The van der Waals surface area contributed by atoms with Crippen LogP contribution in [0.25, 0.3) is 0 Å². The van der Waals surface area contributed by atoms with E-state index in [0.29, 0.717) is 0 Å². The molecule has 0 radical (unpaired) electrons. The fraction of sp³-hybridized carbons (Fsp3) is 0.400. The minimum atomic E-state index is -0.562. The molecule has 0 atom stereocenters. The average Bonchev–Trinajstić information content (AvgIpc) is 2.01. The number of nitro groups is 1. The first-order chi connectivity index (χ1) is 6.34. The molecule has 3 nitrogen and oxygen atoms in total. The van der Waals surface area contributed by atoms with Crippen molar-refractivity contribution in [1.29, 1.82) is 0 Å². The molecular weight excluding hydrogens is 185 g/mol. The van der Waals surface area contributed by atoms with E-state index in [9.17, 15) is 14.5 Å². The number of benzene rings is 1. The van der Waals surface area contributed by atoms with Crippen LogP contribution in [0, 0.1) is 15.9 Å². The maximum atomic E-state index is 13.4. The van der Waals surface area contributed by atoms with Crippen molar-refractivity contribution in [2.75, 3.05) is 0 Å². The van der Waals surface area contributed by atoms with Crippen molar-refractivity contribution in [3.05, 3.63) is 39.7 Å². The Labute approximate surface area is 81.7 Å². The van der Waals surface area contributed by atoms with Gasteiger partial charge in [-0.25, -0.2) is 4.39 Å². The fourth-order valence-corrected chi connectivity index (χ4v) is 1.41. The lowest BCUT2D eigenvalue weighted by Gasteiger charge is -2.19. The Balaban J connectivity index is 3.45. The Hall–Kier alpha value is -1.45. The highest BCUT2D eigenvalue weighted by molar-refractivity contribution is 5.45. The number of nitro benzene ring substituents is 1. The molecule has 0 aliphatic rings. The van der Waals surface area contributed by atoms with E-state index in [0.717, 1.165) is 0 Å². The molecule has 4 heteroatoms. The summed E-state index contributed by atoms with van der Waals surface area (Å²) in [6.07, 6.45) is 0. The average molecular weight is 197 g/mol. The zero-order valence-electron chi connectivity index (χ0n) is 8.37. The third-order valence-corrected chi connectivity index (χ3v) is 1.94. The van der Waals surface area contributed by atoms with Crippen LogP contribution in [0.4, 0.5) is 10.1 Å². The molecule has 0 aliphatic heterocycles. The van der Waals surface area contributed by atoms with Gasteiger partial charge >= 0.3 is 0 Å². The normalized spacial score (nSPS) is 11.4. The van der Waals surface area contributed by atoms with Gasteiger partial charge in [-0.1, -0.05) is 26.8 Å². The van der Waals surface area contributed by atoms with E-state index in [1.807, 2.05) is 0 Å². The maximum absolute atomic E-state index is 13.4. The van der Waals surface area contributed by atoms with Gasteiger partial charge in [-0.15, -0.1) is 0 Å². The van der Waals surface area contributed by atoms with E-state index in [2.05, 4.69) is 0 Å². The summed E-state index contributed by atoms with van der Waals surface area (Å²) in [5, 5.41) is 10.7. The lowest BCUT2D eigenvalue weighted by atomic mass is 9.85. The molecule has 0 aliphatic carbocycles. The predicted octanol–water partition coefficient (Wildman–Crippen LogP) is 3.03. The summed E-state index contributed by atoms with van der Waals surface area (Å²) in [4.78, 5) is 10.1. The van der Waals surface area contributed by atoms with Crippen LogP contribution < -0.4 is 0 Å². The van der Waals surface area contributed by atoms with Gasteiger partial charge in [-0.2, -0.15) is 0 Å². The van der Waals surface area contributed by atoms with E-state index >= 15 is 0 Å². The van der Waals surface area contributed by atoms with E-state index in [-0.39, 0.29) is 11.3 Å². The zero-order valence-corrected chi connectivity index (χ0v) is 8.37. The molecule has 0 aromatic heterocycles. The Morgan fingerprint density at radius 1 is 1.36 bits per heavy atom. The van der Waals surface area contributed by atoms with Crippen LogP contribution in [0.2, 0.25) is 0 Å². The molecule has 1 rings (SSSR count). The van der Waals surface area contributed by atoms with Crippen LogP contribution in [-0.2, 0) is 5.41 Å². The highest BCUT2D eigenvalue weighted by Crippen LogP contribution is 2.32. The zero-order chi connectivity index (χ0) is 10.9. The number of hydrogen-bond acceptors (Lipinski definition) is 2. The van der Waals surface area contributed by atoms with Crippen molar-refractivity contribution < 1.29 is 9.31 Å². The summed E-state index contributed by atoms with van der Waals surface area (Å²) < 4.78 is 13.4. The van der Waals surface area contributed by atoms with Gasteiger partial charge in [-0.3, -0.25) is 10.1 Å². The van der Waals surface area contributed by atoms with Gasteiger partial charge in [0.1, 0.15) is 5.82 Å². The topological polar surface area (TPSA) is 43.1 Å². The molecule has 1 aromatic carbocycles. The van der Waals surface area contributed by atoms with Crippen molar-refractivity contribution in [3.63, 3.8) is 0 Å². The Kier molecular flexibility index (Phi) is 2.55. The molecule has 0 spiro atoms. The summed E-state index contributed by atoms with van der Waals surface area (Å²) in [7, 11) is 0. The quantitative estimate of drug-likeness (QED) is 0.513. The van der Waals surface area contributed by atoms with Crippen LogP contribution >= 0.6 is 0 Å². The van der Waals surface area contributed by atoms with E-state index in [4.69, 9.17) is 0 Å². The molecule has 1 aromatic rings. The molecule has 0 N–H and O–H groups in total. The second-order valence-corrected chi connectivity index (χ2v) is 4.14. The van der Waals surface area contributed by atoms with Crippen LogP contribution in [0.3, 0.4) is 0 Å². The monoisotopic (exact) mass is 197 g/mol. The minimum absolute atomic E-state index is 0.155. The second kappa shape index (κ2) is 3.36. The van der Waals surface area contributed by atoms with Gasteiger partial charge in [0, 0.05) is 6.07 Å². The summed E-state index contributed by atoms with van der Waals surface area (Å²) in [6.45, 7) is 5.25. The molecule has 14 heavy (non-hydrogen) atoms. The van der Waals surface area contributed by atoms with Crippen LogP contribution in [-0.4, -0.2) is 4.92 Å². The van der Waals surface area contributed by atoms with Gasteiger partial charge in [0.25, 0.3) is 5.69 Å². The molecular formula is C10H12FNO2. The van der Waals surface area contributed by atoms with Gasteiger partial charge < -0.3 is 0 Å². The largest absolute Gasteiger partial charge is 0.276 e. The smallest absolute Gasteiger partial charge is 0.258 e. The SMILES string of the molecule is CC(C)(C)c1c(F)cccc1[N+](=O)[O-]. The highest BCUT2D eigenvalue weighted by atomic mass is 19.1. The van der Waals surface area contributed by atoms with Gasteiger partial charge in [0.2, 0.25) is 0 Å². The molecule has 76 valence electrons. The third kappa shape index (κ3) is 1.89. The van der Waals surface area contributed by atoms with Crippen molar-refractivity contribution in [1.82, 2.24) is 0 Å². The number of nitrogens with zero attached hydrogens (tertiary/aromatic N) is 1. The van der Waals surface area contributed by atoms with Gasteiger partial charge in [0.05, 0.1) is 10.5 Å². The molecule has 0 amide bonds. The molecule has 0 unspecified atom stereocenters. The van der Waals surface area contributed by atoms with Crippen molar-refractivity contribution in [3.8, 4) is 0 Å². The molecule has 0 saturated carbocycles. The second-order valence-electron chi connectivity index (χ2n) is 4.14. The van der Waals surface area contributed by atoms with Crippen molar-refractivity contribution in [2.45, 2.75) is 26.2 Å². The van der Waals surface area contributed by atoms with Crippen LogP contribution in [0.15, 0.2) is 18.2 Å². The molecule has 0 bridgehead atoms. The number of halogens is 1. The number of hydrogen-bond donors (Lipinski definition) is 0. The van der Waals surface area contributed by atoms with Crippen LogP contribution in [0.5, 0.6) is 0 Å². The van der Waals surface area contributed by atoms with E-state index < -0.39 is 16.2 Å². The Morgan fingerprint density at radius 3 is 2.29 bits per heavy atom. The summed E-state index contributed by atoms with van der Waals surface area (Å²) in [6, 6.07) is 3.92. The first-order valence-corrected chi connectivity index (χ1v) is 4.27. The summed E-state index contributed by atoms with van der Waals surface area (Å²) in [5.74, 6) is -0.522. The fourth-order valence-electron chi connectivity index (χ4n) is 1.41. The Bertz CT molecular complexity index is 369. The van der Waals surface area contributed by atoms with E-state index in [1.54, 1.807) is 20.8 Å². The van der Waals surface area contributed by atoms with Crippen LogP contribution in [0.1, 0.15) is 26.3 Å². The van der Waals surface area contributed by atoms with Crippen molar-refractivity contribution in [2.24, 2.45) is 0 Å². The molecule has 0 fully saturated rings. The predicted molar refractivity (Wildman–Crippen MR) is 51.8 cm³/mol.